The standard InChI is InChI=1S/C21H31N3O4/c1-5-24(6-2)12-14-27-13-11-22-20(25)15-19-16(3)28-21(23-19)17-7-9-18(26-4)10-8-17/h7-10H,5-6,11-15H2,1-4H3,(H,22,25). The van der Waals surface area contributed by atoms with Crippen molar-refractivity contribution in [3.8, 4) is 17.2 Å². The Morgan fingerprint density at radius 2 is 1.89 bits per heavy atom. The van der Waals surface area contributed by atoms with Gasteiger partial charge < -0.3 is 24.1 Å². The Hall–Kier alpha value is -2.38. The molecule has 0 unspecified atom stereocenters. The maximum Gasteiger partial charge on any atom is 0.226 e. The summed E-state index contributed by atoms with van der Waals surface area (Å²) in [4.78, 5) is 18.9. The number of nitrogens with one attached hydrogen (secondary N) is 1. The zero-order chi connectivity index (χ0) is 20.4. The summed E-state index contributed by atoms with van der Waals surface area (Å²) in [5, 5.41) is 2.86. The van der Waals surface area contributed by atoms with Gasteiger partial charge in [0.1, 0.15) is 11.5 Å². The molecule has 0 spiro atoms. The molecule has 7 nitrogen and oxygen atoms in total. The Balaban J connectivity index is 1.75. The summed E-state index contributed by atoms with van der Waals surface area (Å²) in [5.74, 6) is 1.83. The van der Waals surface area contributed by atoms with E-state index in [2.05, 4.69) is 29.0 Å². The Kier molecular flexibility index (Phi) is 8.97. The SMILES string of the molecule is CCN(CC)CCOCCNC(=O)Cc1nc(-c2ccc(OC)cc2)oc1C. The summed E-state index contributed by atoms with van der Waals surface area (Å²) in [7, 11) is 1.62. The predicted octanol–water partition coefficient (Wildman–Crippen LogP) is 2.68. The molecule has 0 radical (unpaired) electrons. The lowest BCUT2D eigenvalue weighted by atomic mass is 10.2. The van der Waals surface area contributed by atoms with E-state index in [9.17, 15) is 4.79 Å². The zero-order valence-electron chi connectivity index (χ0n) is 17.3. The number of carbonyl (C=O) groups excluding carboxylic acids is 1. The Morgan fingerprint density at radius 3 is 2.54 bits per heavy atom. The lowest BCUT2D eigenvalue weighted by Gasteiger charge is -2.17. The van der Waals surface area contributed by atoms with Crippen molar-refractivity contribution in [2.75, 3.05) is 46.5 Å². The third kappa shape index (κ3) is 6.65. The minimum Gasteiger partial charge on any atom is -0.497 e. The van der Waals surface area contributed by atoms with Gasteiger partial charge in [-0.3, -0.25) is 4.79 Å². The third-order valence-electron chi connectivity index (χ3n) is 4.57. The summed E-state index contributed by atoms with van der Waals surface area (Å²) < 4.78 is 16.4. The van der Waals surface area contributed by atoms with Crippen molar-refractivity contribution >= 4 is 5.91 Å². The summed E-state index contributed by atoms with van der Waals surface area (Å²) >= 11 is 0. The average Bonchev–Trinajstić information content (AvgIpc) is 3.07. The van der Waals surface area contributed by atoms with Gasteiger partial charge in [-0.2, -0.15) is 0 Å². The van der Waals surface area contributed by atoms with Crippen LogP contribution in [0.4, 0.5) is 0 Å². The monoisotopic (exact) mass is 389 g/mol. The molecule has 0 atom stereocenters. The van der Waals surface area contributed by atoms with Crippen LogP contribution in [0, 0.1) is 6.92 Å². The fraction of sp³-hybridized carbons (Fsp3) is 0.524. The second-order valence-corrected chi connectivity index (χ2v) is 6.42. The molecule has 1 amide bonds. The molecule has 7 heteroatoms. The first-order valence-corrected chi connectivity index (χ1v) is 9.74. The number of nitrogens with zero attached hydrogens (tertiary/aromatic N) is 2. The van der Waals surface area contributed by atoms with Crippen LogP contribution in [0.3, 0.4) is 0 Å². The summed E-state index contributed by atoms with van der Waals surface area (Å²) in [6.45, 7) is 10.7. The van der Waals surface area contributed by atoms with Gasteiger partial charge in [-0.25, -0.2) is 4.98 Å². The first-order chi connectivity index (χ1) is 13.6. The molecule has 28 heavy (non-hydrogen) atoms. The maximum atomic E-state index is 12.2. The highest BCUT2D eigenvalue weighted by Crippen LogP contribution is 2.24. The van der Waals surface area contributed by atoms with Crippen molar-refractivity contribution in [1.29, 1.82) is 0 Å². The summed E-state index contributed by atoms with van der Waals surface area (Å²) in [6, 6.07) is 7.45. The highest BCUT2D eigenvalue weighted by Gasteiger charge is 2.14. The van der Waals surface area contributed by atoms with Crippen LogP contribution >= 0.6 is 0 Å². The number of methoxy groups -OCH3 is 1. The minimum atomic E-state index is -0.0926. The highest BCUT2D eigenvalue weighted by molar-refractivity contribution is 5.78. The van der Waals surface area contributed by atoms with Gasteiger partial charge in [0.05, 0.1) is 32.4 Å². The van der Waals surface area contributed by atoms with E-state index in [4.69, 9.17) is 13.9 Å². The normalized spacial score (nSPS) is 11.0. The molecule has 0 aliphatic rings. The van der Waals surface area contributed by atoms with E-state index in [1.54, 1.807) is 7.11 Å². The van der Waals surface area contributed by atoms with Gasteiger partial charge in [-0.05, 0) is 44.3 Å². The van der Waals surface area contributed by atoms with Crippen LogP contribution in [-0.4, -0.2) is 62.3 Å². The maximum absolute atomic E-state index is 12.2. The minimum absolute atomic E-state index is 0.0926. The van der Waals surface area contributed by atoms with Crippen molar-refractivity contribution in [1.82, 2.24) is 15.2 Å². The summed E-state index contributed by atoms with van der Waals surface area (Å²) in [5.41, 5.74) is 1.49. The number of likely N-dealkylation sites (N-methyl/N-ethyl adjacent to an activating group) is 1. The van der Waals surface area contributed by atoms with Gasteiger partial charge in [0.15, 0.2) is 0 Å². The molecule has 154 valence electrons. The van der Waals surface area contributed by atoms with Crippen LogP contribution in [0.1, 0.15) is 25.3 Å². The number of rotatable bonds is 12. The molecule has 0 bridgehead atoms. The molecule has 0 fully saturated rings. The fourth-order valence-electron chi connectivity index (χ4n) is 2.76. The zero-order valence-corrected chi connectivity index (χ0v) is 17.3. The molecule has 0 aliphatic carbocycles. The van der Waals surface area contributed by atoms with Crippen LogP contribution in [0.15, 0.2) is 28.7 Å². The van der Waals surface area contributed by atoms with E-state index in [1.807, 2.05) is 31.2 Å². The third-order valence-corrected chi connectivity index (χ3v) is 4.57. The molecule has 1 N–H and O–H groups in total. The smallest absolute Gasteiger partial charge is 0.226 e. The molecule has 0 saturated heterocycles. The molecule has 0 aliphatic heterocycles. The average molecular weight is 389 g/mol. The number of hydrogen-bond acceptors (Lipinski definition) is 6. The van der Waals surface area contributed by atoms with E-state index in [0.29, 0.717) is 37.1 Å². The van der Waals surface area contributed by atoms with Crippen molar-refractivity contribution in [2.45, 2.75) is 27.2 Å². The highest BCUT2D eigenvalue weighted by atomic mass is 16.5. The summed E-state index contributed by atoms with van der Waals surface area (Å²) in [6.07, 6.45) is 0.185. The van der Waals surface area contributed by atoms with E-state index >= 15 is 0 Å². The first kappa shape index (κ1) is 21.9. The van der Waals surface area contributed by atoms with Crippen LogP contribution in [0.25, 0.3) is 11.5 Å². The van der Waals surface area contributed by atoms with Crippen molar-refractivity contribution < 1.29 is 18.7 Å². The first-order valence-electron chi connectivity index (χ1n) is 9.74. The second kappa shape index (κ2) is 11.5. The number of aryl methyl sites for hydroxylation is 1. The molecule has 0 saturated carbocycles. The number of aromatic nitrogens is 1. The van der Waals surface area contributed by atoms with Gasteiger partial charge in [0.25, 0.3) is 0 Å². The van der Waals surface area contributed by atoms with Gasteiger partial charge in [-0.15, -0.1) is 0 Å². The molecular weight excluding hydrogens is 358 g/mol. The molecule has 2 rings (SSSR count). The molecular formula is C21H31N3O4. The van der Waals surface area contributed by atoms with E-state index in [1.165, 1.54) is 0 Å². The molecule has 1 aromatic carbocycles. The number of ether oxygens (including phenoxy) is 2. The van der Waals surface area contributed by atoms with Crippen LogP contribution in [0.2, 0.25) is 0 Å². The number of amides is 1. The Bertz CT molecular complexity index is 724. The van der Waals surface area contributed by atoms with E-state index in [-0.39, 0.29) is 12.3 Å². The lowest BCUT2D eigenvalue weighted by Crippen LogP contribution is -2.31. The second-order valence-electron chi connectivity index (χ2n) is 6.42. The molecule has 1 aromatic heterocycles. The quantitative estimate of drug-likeness (QED) is 0.563. The van der Waals surface area contributed by atoms with Gasteiger partial charge in [0, 0.05) is 18.7 Å². The Morgan fingerprint density at radius 1 is 1.18 bits per heavy atom. The van der Waals surface area contributed by atoms with Crippen LogP contribution in [0.5, 0.6) is 5.75 Å². The topological polar surface area (TPSA) is 76.8 Å². The number of hydrogen-bond donors (Lipinski definition) is 1. The van der Waals surface area contributed by atoms with E-state index in [0.717, 1.165) is 30.9 Å². The molecule has 1 heterocycles. The van der Waals surface area contributed by atoms with Crippen molar-refractivity contribution in [3.05, 3.63) is 35.7 Å². The fourth-order valence-corrected chi connectivity index (χ4v) is 2.76. The Labute approximate surface area is 167 Å². The van der Waals surface area contributed by atoms with Crippen molar-refractivity contribution in [3.63, 3.8) is 0 Å². The van der Waals surface area contributed by atoms with Gasteiger partial charge in [-0.1, -0.05) is 13.8 Å². The van der Waals surface area contributed by atoms with Gasteiger partial charge >= 0.3 is 0 Å². The van der Waals surface area contributed by atoms with E-state index < -0.39 is 0 Å². The predicted molar refractivity (Wildman–Crippen MR) is 109 cm³/mol. The largest absolute Gasteiger partial charge is 0.497 e. The number of benzene rings is 1. The van der Waals surface area contributed by atoms with Crippen LogP contribution in [-0.2, 0) is 16.0 Å². The van der Waals surface area contributed by atoms with Gasteiger partial charge in [0.2, 0.25) is 11.8 Å². The number of carbonyl (C=O) groups is 1. The van der Waals surface area contributed by atoms with Crippen molar-refractivity contribution in [2.24, 2.45) is 0 Å². The molecule has 2 aromatic rings. The number of oxazole rings is 1. The van der Waals surface area contributed by atoms with Crippen LogP contribution < -0.4 is 10.1 Å². The lowest BCUT2D eigenvalue weighted by molar-refractivity contribution is -0.120.